The first kappa shape index (κ1) is 15.3. The molecule has 0 unspecified atom stereocenters. The molecule has 0 aliphatic carbocycles. The van der Waals surface area contributed by atoms with Crippen LogP contribution in [0.5, 0.6) is 0 Å². The summed E-state index contributed by atoms with van der Waals surface area (Å²) in [7, 11) is 0. The first-order chi connectivity index (χ1) is 12.2. The smallest absolute Gasteiger partial charge is 0.267 e. The van der Waals surface area contributed by atoms with Gasteiger partial charge < -0.3 is 0 Å². The van der Waals surface area contributed by atoms with E-state index in [0.29, 0.717) is 17.4 Å². The van der Waals surface area contributed by atoms with E-state index in [2.05, 4.69) is 10.1 Å². The third-order valence-electron chi connectivity index (χ3n) is 4.22. The van der Waals surface area contributed by atoms with Crippen LogP contribution in [0.25, 0.3) is 22.2 Å². The molecule has 4 nitrogen and oxygen atoms in total. The molecule has 0 fully saturated rings. The average Bonchev–Trinajstić information content (AvgIpc) is 2.66. The first-order valence-corrected chi connectivity index (χ1v) is 8.19. The molecule has 0 bridgehead atoms. The molecule has 0 radical (unpaired) electrons. The topological polar surface area (TPSA) is 47.8 Å². The fourth-order valence-corrected chi connectivity index (χ4v) is 2.89. The largest absolute Gasteiger partial charge is 0.276 e. The Kier molecular flexibility index (Phi) is 3.86. The Bertz CT molecular complexity index is 1080. The van der Waals surface area contributed by atoms with Gasteiger partial charge in [-0.15, -0.1) is 0 Å². The van der Waals surface area contributed by atoms with Crippen LogP contribution in [0, 0.1) is 6.92 Å². The van der Waals surface area contributed by atoms with Crippen LogP contribution in [0.3, 0.4) is 0 Å². The van der Waals surface area contributed by atoms with Gasteiger partial charge in [0.1, 0.15) is 11.2 Å². The molecule has 0 amide bonds. The fourth-order valence-electron chi connectivity index (χ4n) is 2.89. The van der Waals surface area contributed by atoms with Gasteiger partial charge in [0.15, 0.2) is 0 Å². The first-order valence-electron chi connectivity index (χ1n) is 8.19. The van der Waals surface area contributed by atoms with Crippen LogP contribution in [0.4, 0.5) is 0 Å². The van der Waals surface area contributed by atoms with E-state index >= 15 is 0 Å². The van der Waals surface area contributed by atoms with Gasteiger partial charge in [-0.2, -0.15) is 5.10 Å². The highest BCUT2D eigenvalue weighted by Crippen LogP contribution is 2.23. The Hall–Kier alpha value is -3.27. The Morgan fingerprint density at radius 3 is 2.44 bits per heavy atom. The highest BCUT2D eigenvalue weighted by Gasteiger charge is 2.13. The Morgan fingerprint density at radius 1 is 0.920 bits per heavy atom. The van der Waals surface area contributed by atoms with Gasteiger partial charge >= 0.3 is 0 Å². The second kappa shape index (κ2) is 6.32. The summed E-state index contributed by atoms with van der Waals surface area (Å²) in [5.74, 6) is 0. The maximum Gasteiger partial charge on any atom is 0.276 e. The van der Waals surface area contributed by atoms with E-state index in [-0.39, 0.29) is 5.56 Å². The number of rotatable bonds is 3. The zero-order chi connectivity index (χ0) is 17.2. The number of pyridine rings is 1. The molecule has 4 aromatic rings. The predicted octanol–water partition coefficient (Wildman–Crippen LogP) is 3.82. The molecule has 0 saturated carbocycles. The summed E-state index contributed by atoms with van der Waals surface area (Å²) >= 11 is 0. The molecule has 122 valence electrons. The Morgan fingerprint density at radius 2 is 1.68 bits per heavy atom. The Balaban J connectivity index is 1.94. The molecule has 0 spiro atoms. The average molecular weight is 327 g/mol. The van der Waals surface area contributed by atoms with Crippen molar-refractivity contribution in [2.45, 2.75) is 13.5 Å². The van der Waals surface area contributed by atoms with E-state index < -0.39 is 0 Å². The van der Waals surface area contributed by atoms with Crippen LogP contribution in [-0.4, -0.2) is 14.8 Å². The summed E-state index contributed by atoms with van der Waals surface area (Å²) in [5, 5.41) is 5.22. The lowest BCUT2D eigenvalue weighted by molar-refractivity contribution is 0.650. The monoisotopic (exact) mass is 327 g/mol. The zero-order valence-electron chi connectivity index (χ0n) is 13.9. The lowest BCUT2D eigenvalue weighted by Crippen LogP contribution is -2.24. The van der Waals surface area contributed by atoms with Crippen LogP contribution in [-0.2, 0) is 6.54 Å². The van der Waals surface area contributed by atoms with Crippen molar-refractivity contribution in [1.82, 2.24) is 14.8 Å². The molecule has 25 heavy (non-hydrogen) atoms. The lowest BCUT2D eigenvalue weighted by Gasteiger charge is -2.11. The molecule has 0 N–H and O–H groups in total. The second-order valence-corrected chi connectivity index (χ2v) is 6.06. The summed E-state index contributed by atoms with van der Waals surface area (Å²) < 4.78 is 1.52. The SMILES string of the molecule is Cc1ccc(-c2nn(Cc3ccccc3)c(=O)c3cccnc23)cc1. The second-order valence-electron chi connectivity index (χ2n) is 6.06. The van der Waals surface area contributed by atoms with Crippen LogP contribution >= 0.6 is 0 Å². The van der Waals surface area contributed by atoms with Crippen molar-refractivity contribution in [3.05, 3.63) is 94.4 Å². The third kappa shape index (κ3) is 2.94. The number of hydrogen-bond acceptors (Lipinski definition) is 3. The van der Waals surface area contributed by atoms with E-state index in [1.807, 2.05) is 67.6 Å². The van der Waals surface area contributed by atoms with Gasteiger partial charge in [-0.1, -0.05) is 60.2 Å². The third-order valence-corrected chi connectivity index (χ3v) is 4.22. The van der Waals surface area contributed by atoms with Gasteiger partial charge in [0.05, 0.1) is 11.9 Å². The van der Waals surface area contributed by atoms with E-state index in [9.17, 15) is 4.79 Å². The van der Waals surface area contributed by atoms with Gasteiger partial charge in [0.2, 0.25) is 0 Å². The van der Waals surface area contributed by atoms with E-state index in [0.717, 1.165) is 16.8 Å². The molecule has 0 aliphatic rings. The minimum atomic E-state index is -0.122. The highest BCUT2D eigenvalue weighted by molar-refractivity contribution is 5.90. The summed E-state index contributed by atoms with van der Waals surface area (Å²) in [5.41, 5.74) is 4.42. The summed E-state index contributed by atoms with van der Waals surface area (Å²) in [4.78, 5) is 17.2. The number of fused-ring (bicyclic) bond motifs is 1. The minimum Gasteiger partial charge on any atom is -0.267 e. The highest BCUT2D eigenvalue weighted by atomic mass is 16.1. The number of benzene rings is 2. The summed E-state index contributed by atoms with van der Waals surface area (Å²) in [6, 6.07) is 21.6. The summed E-state index contributed by atoms with van der Waals surface area (Å²) in [6.07, 6.45) is 1.70. The van der Waals surface area contributed by atoms with Crippen molar-refractivity contribution in [2.24, 2.45) is 0 Å². The van der Waals surface area contributed by atoms with Crippen molar-refractivity contribution in [1.29, 1.82) is 0 Å². The van der Waals surface area contributed by atoms with Crippen LogP contribution in [0.15, 0.2) is 77.7 Å². The molecule has 2 aromatic carbocycles. The van der Waals surface area contributed by atoms with E-state index in [4.69, 9.17) is 0 Å². The standard InChI is InChI=1S/C21H17N3O/c1-15-9-11-17(12-10-15)19-20-18(8-5-13-22-20)21(25)24(23-19)14-16-6-3-2-4-7-16/h2-13H,14H2,1H3. The van der Waals surface area contributed by atoms with Crippen molar-refractivity contribution >= 4 is 10.9 Å². The fraction of sp³-hybridized carbons (Fsp3) is 0.0952. The molecule has 0 saturated heterocycles. The normalized spacial score (nSPS) is 10.9. The molecule has 4 rings (SSSR count). The van der Waals surface area contributed by atoms with Crippen molar-refractivity contribution in [2.75, 3.05) is 0 Å². The van der Waals surface area contributed by atoms with Crippen LogP contribution in [0.1, 0.15) is 11.1 Å². The Labute approximate surface area is 145 Å². The maximum absolute atomic E-state index is 12.8. The van der Waals surface area contributed by atoms with Gasteiger partial charge in [-0.05, 0) is 24.6 Å². The molecule has 2 aromatic heterocycles. The quantitative estimate of drug-likeness (QED) is 0.575. The van der Waals surface area contributed by atoms with Gasteiger partial charge in [0.25, 0.3) is 5.56 Å². The van der Waals surface area contributed by atoms with Gasteiger partial charge in [0, 0.05) is 11.8 Å². The number of aryl methyl sites for hydroxylation is 1. The number of nitrogens with zero attached hydrogens (tertiary/aromatic N) is 3. The van der Waals surface area contributed by atoms with Crippen LogP contribution < -0.4 is 5.56 Å². The van der Waals surface area contributed by atoms with Crippen molar-refractivity contribution in [3.8, 4) is 11.3 Å². The lowest BCUT2D eigenvalue weighted by atomic mass is 10.1. The molecule has 4 heteroatoms. The molecule has 0 aliphatic heterocycles. The van der Waals surface area contributed by atoms with Crippen LogP contribution in [0.2, 0.25) is 0 Å². The predicted molar refractivity (Wildman–Crippen MR) is 99.5 cm³/mol. The number of aromatic nitrogens is 3. The van der Waals surface area contributed by atoms with Gasteiger partial charge in [-0.3, -0.25) is 9.78 Å². The molecule has 0 atom stereocenters. The minimum absolute atomic E-state index is 0.122. The summed E-state index contributed by atoms with van der Waals surface area (Å²) in [6.45, 7) is 2.48. The van der Waals surface area contributed by atoms with Crippen molar-refractivity contribution < 1.29 is 0 Å². The van der Waals surface area contributed by atoms with Crippen molar-refractivity contribution in [3.63, 3.8) is 0 Å². The maximum atomic E-state index is 12.8. The van der Waals surface area contributed by atoms with E-state index in [1.54, 1.807) is 12.3 Å². The van der Waals surface area contributed by atoms with Gasteiger partial charge in [-0.25, -0.2) is 4.68 Å². The molecular weight excluding hydrogens is 310 g/mol. The van der Waals surface area contributed by atoms with E-state index in [1.165, 1.54) is 10.2 Å². The number of hydrogen-bond donors (Lipinski definition) is 0. The zero-order valence-corrected chi connectivity index (χ0v) is 13.9. The molecular formula is C21H17N3O. The molecule has 2 heterocycles.